The van der Waals surface area contributed by atoms with Crippen LogP contribution in [0.1, 0.15) is 16.7 Å². The molecule has 2 aromatic carbocycles. The van der Waals surface area contributed by atoms with E-state index in [0.717, 1.165) is 24.4 Å². The predicted molar refractivity (Wildman–Crippen MR) is 97.1 cm³/mol. The van der Waals surface area contributed by atoms with Crippen LogP contribution in [0.2, 0.25) is 0 Å². The third-order valence-electron chi connectivity index (χ3n) is 3.74. The van der Waals surface area contributed by atoms with E-state index in [2.05, 4.69) is 10.5 Å². The normalized spacial score (nSPS) is 11.3. The number of carbonyl (C=O) groups excluding carboxylic acids is 1. The molecule has 0 radical (unpaired) electrons. The number of nitro benzene ring substituents is 1. The minimum absolute atomic E-state index is 0.0343. The van der Waals surface area contributed by atoms with Gasteiger partial charge in [0, 0.05) is 0 Å². The number of amides is 1. The number of ether oxygens (including phenoxy) is 2. The maximum absolute atomic E-state index is 12.7. The van der Waals surface area contributed by atoms with Gasteiger partial charge in [-0.1, -0.05) is 18.2 Å². The van der Waals surface area contributed by atoms with Crippen molar-refractivity contribution in [1.82, 2.24) is 5.43 Å². The van der Waals surface area contributed by atoms with Crippen molar-refractivity contribution in [3.63, 3.8) is 0 Å². The highest BCUT2D eigenvalue weighted by molar-refractivity contribution is 5.88. The van der Waals surface area contributed by atoms with Crippen LogP contribution in [0.15, 0.2) is 41.5 Å². The average molecular weight is 411 g/mol. The first-order chi connectivity index (χ1) is 13.7. The number of hydrazone groups is 1. The second-order valence-electron chi connectivity index (χ2n) is 5.69. The Labute approximate surface area is 163 Å². The summed E-state index contributed by atoms with van der Waals surface area (Å²) in [4.78, 5) is 22.5. The molecule has 0 atom stereocenters. The van der Waals surface area contributed by atoms with E-state index in [9.17, 15) is 28.1 Å². The maximum atomic E-state index is 12.7. The maximum Gasteiger partial charge on any atom is 0.416 e. The van der Waals surface area contributed by atoms with Crippen molar-refractivity contribution >= 4 is 17.8 Å². The Balaban J connectivity index is 2.13. The summed E-state index contributed by atoms with van der Waals surface area (Å²) in [5.41, 5.74) is 1.10. The largest absolute Gasteiger partial charge is 0.493 e. The van der Waals surface area contributed by atoms with Crippen LogP contribution in [0.4, 0.5) is 18.9 Å². The van der Waals surface area contributed by atoms with Crippen LogP contribution < -0.4 is 14.9 Å². The molecule has 154 valence electrons. The number of benzene rings is 2. The van der Waals surface area contributed by atoms with E-state index < -0.39 is 22.6 Å². The fraction of sp³-hybridized carbons (Fsp3) is 0.222. The number of alkyl halides is 3. The number of carbonyl (C=O) groups is 1. The van der Waals surface area contributed by atoms with Crippen molar-refractivity contribution in [1.29, 1.82) is 0 Å². The lowest BCUT2D eigenvalue weighted by atomic mass is 10.1. The molecule has 2 aromatic rings. The fourth-order valence-corrected chi connectivity index (χ4v) is 2.40. The molecule has 2 rings (SSSR count). The number of hydrogen-bond acceptors (Lipinski definition) is 6. The van der Waals surface area contributed by atoms with Crippen LogP contribution in [0, 0.1) is 10.1 Å². The van der Waals surface area contributed by atoms with E-state index in [-0.39, 0.29) is 34.7 Å². The molecule has 11 heteroatoms. The zero-order valence-electron chi connectivity index (χ0n) is 15.3. The van der Waals surface area contributed by atoms with Gasteiger partial charge in [0.2, 0.25) is 5.91 Å². The van der Waals surface area contributed by atoms with Crippen molar-refractivity contribution in [3.05, 3.63) is 63.2 Å². The summed E-state index contributed by atoms with van der Waals surface area (Å²) in [7, 11) is 2.67. The summed E-state index contributed by atoms with van der Waals surface area (Å²) < 4.78 is 48.2. The van der Waals surface area contributed by atoms with Gasteiger partial charge in [0.15, 0.2) is 11.5 Å². The Morgan fingerprint density at radius 1 is 1.21 bits per heavy atom. The Hall–Kier alpha value is -3.63. The van der Waals surface area contributed by atoms with Crippen molar-refractivity contribution in [3.8, 4) is 11.5 Å². The molecule has 0 aliphatic rings. The lowest BCUT2D eigenvalue weighted by Gasteiger charge is -2.09. The van der Waals surface area contributed by atoms with Crippen LogP contribution in [0.25, 0.3) is 0 Å². The first-order valence-electron chi connectivity index (χ1n) is 8.04. The van der Waals surface area contributed by atoms with Crippen LogP contribution in [0.3, 0.4) is 0 Å². The van der Waals surface area contributed by atoms with Crippen LogP contribution in [-0.2, 0) is 17.4 Å². The molecule has 0 fully saturated rings. The van der Waals surface area contributed by atoms with Gasteiger partial charge in [-0.05, 0) is 17.7 Å². The Bertz CT molecular complexity index is 945. The number of halogens is 3. The molecule has 1 N–H and O–H groups in total. The predicted octanol–water partition coefficient (Wildman–Crippen LogP) is 3.32. The number of nitrogens with zero attached hydrogens (tertiary/aromatic N) is 2. The first-order valence-corrected chi connectivity index (χ1v) is 8.04. The monoisotopic (exact) mass is 411 g/mol. The second kappa shape index (κ2) is 9.04. The van der Waals surface area contributed by atoms with Gasteiger partial charge >= 0.3 is 6.18 Å². The lowest BCUT2D eigenvalue weighted by molar-refractivity contribution is -0.385. The fourth-order valence-electron chi connectivity index (χ4n) is 2.40. The number of nitro groups is 1. The van der Waals surface area contributed by atoms with Gasteiger partial charge in [0.1, 0.15) is 0 Å². The van der Waals surface area contributed by atoms with Gasteiger partial charge in [-0.3, -0.25) is 14.9 Å². The van der Waals surface area contributed by atoms with E-state index in [1.807, 2.05) is 0 Å². The van der Waals surface area contributed by atoms with Crippen molar-refractivity contribution in [2.75, 3.05) is 14.2 Å². The van der Waals surface area contributed by atoms with E-state index in [1.54, 1.807) is 0 Å². The molecule has 0 unspecified atom stereocenters. The summed E-state index contributed by atoms with van der Waals surface area (Å²) in [5, 5.41) is 14.8. The summed E-state index contributed by atoms with van der Waals surface area (Å²) in [5.74, 6) is -0.330. The molecule has 0 bridgehead atoms. The molecule has 0 saturated heterocycles. The van der Waals surface area contributed by atoms with E-state index in [1.165, 1.54) is 32.4 Å². The summed E-state index contributed by atoms with van der Waals surface area (Å²) in [6.45, 7) is 0. The Morgan fingerprint density at radius 3 is 2.45 bits per heavy atom. The third kappa shape index (κ3) is 5.67. The molecule has 0 spiro atoms. The standard InChI is InChI=1S/C18H16F3N3O5/c1-28-15-8-12(14(24(26)27)9-16(15)29-2)10-22-23-17(25)7-11-4-3-5-13(6-11)18(19,20)21/h3-6,8-10H,7H2,1-2H3,(H,23,25)/b22-10+. The Kier molecular flexibility index (Phi) is 6.75. The quantitative estimate of drug-likeness (QED) is 0.428. The minimum atomic E-state index is -4.52. The van der Waals surface area contributed by atoms with Gasteiger partial charge in [-0.15, -0.1) is 0 Å². The van der Waals surface area contributed by atoms with E-state index >= 15 is 0 Å². The van der Waals surface area contributed by atoms with Gasteiger partial charge in [0.25, 0.3) is 5.69 Å². The highest BCUT2D eigenvalue weighted by Crippen LogP contribution is 2.33. The molecular weight excluding hydrogens is 395 g/mol. The smallest absolute Gasteiger partial charge is 0.416 e. The van der Waals surface area contributed by atoms with Crippen molar-refractivity contribution < 1.29 is 32.4 Å². The van der Waals surface area contributed by atoms with Gasteiger partial charge in [-0.2, -0.15) is 18.3 Å². The summed E-state index contributed by atoms with van der Waals surface area (Å²) in [6, 6.07) is 6.78. The van der Waals surface area contributed by atoms with Gasteiger partial charge in [-0.25, -0.2) is 5.43 Å². The topological polar surface area (TPSA) is 103 Å². The summed E-state index contributed by atoms with van der Waals surface area (Å²) >= 11 is 0. The highest BCUT2D eigenvalue weighted by atomic mass is 19.4. The third-order valence-corrected chi connectivity index (χ3v) is 3.74. The molecule has 0 aliphatic heterocycles. The first kappa shape index (κ1) is 21.7. The lowest BCUT2D eigenvalue weighted by Crippen LogP contribution is -2.20. The summed E-state index contributed by atoms with van der Waals surface area (Å²) in [6.07, 6.45) is -3.84. The molecule has 1 amide bonds. The van der Waals surface area contributed by atoms with E-state index in [0.29, 0.717) is 0 Å². The molecule has 29 heavy (non-hydrogen) atoms. The van der Waals surface area contributed by atoms with Crippen LogP contribution >= 0.6 is 0 Å². The minimum Gasteiger partial charge on any atom is -0.493 e. The highest BCUT2D eigenvalue weighted by Gasteiger charge is 2.30. The number of hydrogen-bond donors (Lipinski definition) is 1. The number of methoxy groups -OCH3 is 2. The molecule has 0 heterocycles. The molecule has 0 saturated carbocycles. The van der Waals surface area contributed by atoms with E-state index in [4.69, 9.17) is 9.47 Å². The second-order valence-corrected chi connectivity index (χ2v) is 5.69. The zero-order chi connectivity index (χ0) is 21.6. The number of rotatable bonds is 7. The van der Waals surface area contributed by atoms with Gasteiger partial charge < -0.3 is 9.47 Å². The Morgan fingerprint density at radius 2 is 1.86 bits per heavy atom. The molecular formula is C18H16F3N3O5. The molecule has 0 aromatic heterocycles. The molecule has 0 aliphatic carbocycles. The van der Waals surface area contributed by atoms with Crippen molar-refractivity contribution in [2.24, 2.45) is 5.10 Å². The number of nitrogens with one attached hydrogen (secondary N) is 1. The average Bonchev–Trinajstić information content (AvgIpc) is 2.66. The van der Waals surface area contributed by atoms with Gasteiger partial charge in [0.05, 0.1) is 49.0 Å². The zero-order valence-corrected chi connectivity index (χ0v) is 15.3. The molecule has 8 nitrogen and oxygen atoms in total. The van der Waals surface area contributed by atoms with Crippen molar-refractivity contribution in [2.45, 2.75) is 12.6 Å². The van der Waals surface area contributed by atoms with Crippen LogP contribution in [0.5, 0.6) is 11.5 Å². The van der Waals surface area contributed by atoms with Crippen LogP contribution in [-0.4, -0.2) is 31.3 Å². The SMILES string of the molecule is COc1cc(/C=N/NC(=O)Cc2cccc(C(F)(F)F)c2)c([N+](=O)[O-])cc1OC.